The average Bonchev–Trinajstić information content (AvgIpc) is 2.60. The summed E-state index contributed by atoms with van der Waals surface area (Å²) >= 11 is 0. The van der Waals surface area contributed by atoms with Gasteiger partial charge in [-0.1, -0.05) is 0 Å². The van der Waals surface area contributed by atoms with Crippen LogP contribution in [0.3, 0.4) is 0 Å². The largest absolute Gasteiger partial charge is 0.479 e. The molecule has 0 bridgehead atoms. The molecule has 0 saturated carbocycles. The SMILES string of the molecule is CC(=O)N[C@@H]1[C@@H](O[C@@H]2O[C@H](C(=O)O)[C@H](O)[C@H](O)[C@H]2O)[C@H](O)[C@@H](CO)O[C@H]1O. The Kier molecular flexibility index (Phi) is 7.07. The van der Waals surface area contributed by atoms with Crippen LogP contribution in [-0.2, 0) is 23.8 Å². The third kappa shape index (κ3) is 4.53. The number of aliphatic hydroxyl groups excluding tert-OH is 6. The first-order chi connectivity index (χ1) is 12.6. The van der Waals surface area contributed by atoms with Crippen LogP contribution in [0.1, 0.15) is 6.92 Å². The second kappa shape index (κ2) is 8.72. The van der Waals surface area contributed by atoms with Crippen molar-refractivity contribution in [3.63, 3.8) is 0 Å². The first-order valence-corrected chi connectivity index (χ1v) is 8.06. The fourth-order valence-corrected chi connectivity index (χ4v) is 2.95. The van der Waals surface area contributed by atoms with E-state index in [1.54, 1.807) is 0 Å². The van der Waals surface area contributed by atoms with Gasteiger partial charge in [0.25, 0.3) is 0 Å². The van der Waals surface area contributed by atoms with Gasteiger partial charge in [-0.2, -0.15) is 0 Å². The van der Waals surface area contributed by atoms with Gasteiger partial charge in [-0.05, 0) is 0 Å². The Hall–Kier alpha value is -1.42. The van der Waals surface area contributed by atoms with E-state index in [9.17, 15) is 40.2 Å². The van der Waals surface area contributed by atoms with Gasteiger partial charge in [-0.25, -0.2) is 4.79 Å². The summed E-state index contributed by atoms with van der Waals surface area (Å²) < 4.78 is 15.3. The summed E-state index contributed by atoms with van der Waals surface area (Å²) in [6, 6.07) is -1.37. The smallest absolute Gasteiger partial charge is 0.335 e. The lowest BCUT2D eigenvalue weighted by molar-refractivity contribution is -0.336. The Morgan fingerprint density at radius 3 is 2.15 bits per heavy atom. The number of carboxylic acid groups (broad SMARTS) is 1. The molecule has 2 aliphatic rings. The number of aliphatic hydroxyl groups is 6. The lowest BCUT2D eigenvalue weighted by Crippen LogP contribution is -2.67. The molecule has 0 unspecified atom stereocenters. The molecule has 2 fully saturated rings. The third-order valence-corrected chi connectivity index (χ3v) is 4.35. The van der Waals surface area contributed by atoms with Gasteiger partial charge in [0.1, 0.15) is 42.7 Å². The van der Waals surface area contributed by atoms with Crippen LogP contribution < -0.4 is 5.32 Å². The van der Waals surface area contributed by atoms with Gasteiger partial charge in [0.2, 0.25) is 5.91 Å². The Bertz CT molecular complexity index is 546. The third-order valence-electron chi connectivity index (χ3n) is 4.35. The quantitative estimate of drug-likeness (QED) is 0.218. The van der Waals surface area contributed by atoms with Crippen molar-refractivity contribution in [1.82, 2.24) is 5.32 Å². The van der Waals surface area contributed by atoms with Crippen molar-refractivity contribution in [3.8, 4) is 0 Å². The highest BCUT2D eigenvalue weighted by Crippen LogP contribution is 2.28. The van der Waals surface area contributed by atoms with Crippen LogP contribution in [0.25, 0.3) is 0 Å². The minimum absolute atomic E-state index is 0.630. The van der Waals surface area contributed by atoms with Gasteiger partial charge in [-0.15, -0.1) is 0 Å². The minimum Gasteiger partial charge on any atom is -0.479 e. The molecule has 0 aliphatic carbocycles. The van der Waals surface area contributed by atoms with Gasteiger partial charge in [-0.3, -0.25) is 4.79 Å². The van der Waals surface area contributed by atoms with E-state index >= 15 is 0 Å². The topological polar surface area (TPSA) is 215 Å². The van der Waals surface area contributed by atoms with Gasteiger partial charge in [0, 0.05) is 6.92 Å². The maximum atomic E-state index is 11.4. The summed E-state index contributed by atoms with van der Waals surface area (Å²) in [5, 5.41) is 70.4. The second-order valence-corrected chi connectivity index (χ2v) is 6.30. The molecule has 0 spiro atoms. The molecule has 2 heterocycles. The molecular weight excluding hydrogens is 374 g/mol. The van der Waals surface area contributed by atoms with E-state index < -0.39 is 79.8 Å². The maximum Gasteiger partial charge on any atom is 0.335 e. The molecule has 0 aromatic heterocycles. The number of rotatable bonds is 5. The monoisotopic (exact) mass is 397 g/mol. The predicted molar refractivity (Wildman–Crippen MR) is 80.8 cm³/mol. The van der Waals surface area contributed by atoms with Gasteiger partial charge >= 0.3 is 5.97 Å². The Balaban J connectivity index is 2.25. The number of hydrogen-bond donors (Lipinski definition) is 8. The zero-order valence-corrected chi connectivity index (χ0v) is 14.2. The molecule has 2 rings (SSSR count). The lowest BCUT2D eigenvalue weighted by Gasteiger charge is -2.46. The molecule has 156 valence electrons. The van der Waals surface area contributed by atoms with Crippen LogP contribution in [0, 0.1) is 0 Å². The van der Waals surface area contributed by atoms with E-state index in [2.05, 4.69) is 5.32 Å². The van der Waals surface area contributed by atoms with Crippen molar-refractivity contribution < 1.29 is 59.5 Å². The predicted octanol–water partition coefficient (Wildman–Crippen LogP) is -5.16. The molecule has 13 nitrogen and oxygen atoms in total. The summed E-state index contributed by atoms with van der Waals surface area (Å²) in [4.78, 5) is 22.5. The standard InChI is InChI=1S/C14H23NO12/c1-3(17)15-5-10(6(18)4(2-16)25-13(5)24)26-14-9(21)7(19)8(20)11(27-14)12(22)23/h4-11,13-14,16,18-21,24H,2H2,1H3,(H,15,17)(H,22,23)/t4-,5-,6-,7+,8-,9-,10-,11+,13-,14-/m1/s1. The number of amides is 1. The minimum atomic E-state index is -1.95. The number of carbonyl (C=O) groups excluding carboxylic acids is 1. The number of carbonyl (C=O) groups is 2. The molecule has 1 amide bonds. The molecule has 8 N–H and O–H groups in total. The van der Waals surface area contributed by atoms with Crippen LogP contribution in [0.5, 0.6) is 0 Å². The fourth-order valence-electron chi connectivity index (χ4n) is 2.95. The maximum absolute atomic E-state index is 11.4. The van der Waals surface area contributed by atoms with Crippen LogP contribution in [-0.4, -0.2) is 116 Å². The molecule has 13 heteroatoms. The van der Waals surface area contributed by atoms with E-state index in [1.165, 1.54) is 0 Å². The molecule has 0 radical (unpaired) electrons. The zero-order valence-electron chi connectivity index (χ0n) is 14.2. The summed E-state index contributed by atoms with van der Waals surface area (Å²) in [6.07, 6.45) is -15.8. The van der Waals surface area contributed by atoms with Crippen molar-refractivity contribution >= 4 is 11.9 Å². The number of carboxylic acids is 1. The molecular formula is C14H23NO12. The molecule has 27 heavy (non-hydrogen) atoms. The van der Waals surface area contributed by atoms with Crippen molar-refractivity contribution in [2.45, 2.75) is 68.3 Å². The van der Waals surface area contributed by atoms with Crippen LogP contribution in [0.2, 0.25) is 0 Å². The summed E-state index contributed by atoms with van der Waals surface area (Å²) in [5.41, 5.74) is 0. The summed E-state index contributed by atoms with van der Waals surface area (Å²) in [6.45, 7) is 0.388. The normalized spacial score (nSPS) is 45.3. The number of hydrogen-bond acceptors (Lipinski definition) is 11. The molecule has 2 saturated heterocycles. The highest BCUT2D eigenvalue weighted by atomic mass is 16.7. The van der Waals surface area contributed by atoms with E-state index in [0.717, 1.165) is 6.92 Å². The molecule has 2 aliphatic heterocycles. The van der Waals surface area contributed by atoms with Gasteiger partial charge in [0.15, 0.2) is 18.7 Å². The van der Waals surface area contributed by atoms with Gasteiger partial charge in [0.05, 0.1) is 6.61 Å². The van der Waals surface area contributed by atoms with E-state index in [1.807, 2.05) is 0 Å². The van der Waals surface area contributed by atoms with E-state index in [0.29, 0.717) is 0 Å². The fraction of sp³-hybridized carbons (Fsp3) is 0.857. The Labute approximate surface area is 152 Å². The average molecular weight is 397 g/mol. The van der Waals surface area contributed by atoms with Gasteiger partial charge < -0.3 is 55.3 Å². The van der Waals surface area contributed by atoms with E-state index in [-0.39, 0.29) is 0 Å². The Morgan fingerprint density at radius 2 is 1.63 bits per heavy atom. The van der Waals surface area contributed by atoms with Crippen molar-refractivity contribution in [2.24, 2.45) is 0 Å². The number of nitrogens with one attached hydrogen (secondary N) is 1. The Morgan fingerprint density at radius 1 is 1.00 bits per heavy atom. The second-order valence-electron chi connectivity index (χ2n) is 6.30. The molecule has 10 atom stereocenters. The first-order valence-electron chi connectivity index (χ1n) is 8.06. The highest BCUT2D eigenvalue weighted by Gasteiger charge is 2.52. The summed E-state index contributed by atoms with van der Waals surface area (Å²) in [7, 11) is 0. The molecule has 0 aromatic rings. The first kappa shape index (κ1) is 21.9. The van der Waals surface area contributed by atoms with Crippen molar-refractivity contribution in [2.75, 3.05) is 6.61 Å². The van der Waals surface area contributed by atoms with Crippen molar-refractivity contribution in [3.05, 3.63) is 0 Å². The lowest BCUT2D eigenvalue weighted by atomic mass is 9.95. The van der Waals surface area contributed by atoms with Crippen LogP contribution >= 0.6 is 0 Å². The van der Waals surface area contributed by atoms with Crippen LogP contribution in [0.15, 0.2) is 0 Å². The zero-order chi connectivity index (χ0) is 20.5. The van der Waals surface area contributed by atoms with Crippen molar-refractivity contribution in [1.29, 1.82) is 0 Å². The highest BCUT2D eigenvalue weighted by molar-refractivity contribution is 5.73. The molecule has 0 aromatic carbocycles. The number of aliphatic carboxylic acids is 1. The van der Waals surface area contributed by atoms with E-state index in [4.69, 9.17) is 19.3 Å². The van der Waals surface area contributed by atoms with Crippen LogP contribution in [0.4, 0.5) is 0 Å². The summed E-state index contributed by atoms with van der Waals surface area (Å²) in [5.74, 6) is -2.27. The number of ether oxygens (including phenoxy) is 3.